The molecule has 0 saturated heterocycles. The van der Waals surface area contributed by atoms with E-state index in [1.807, 2.05) is 30.3 Å². The van der Waals surface area contributed by atoms with Crippen LogP contribution in [0.1, 0.15) is 28.5 Å². The maximum atomic E-state index is 13.1. The van der Waals surface area contributed by atoms with Crippen molar-refractivity contribution < 1.29 is 13.5 Å². The second-order valence-electron chi connectivity index (χ2n) is 10.6. The minimum Gasteiger partial charge on any atom is -0.387 e. The van der Waals surface area contributed by atoms with E-state index >= 15 is 0 Å². The first-order valence-electron chi connectivity index (χ1n) is 14.4. The molecule has 7 nitrogen and oxygen atoms in total. The smallest absolute Gasteiger partial charge is 0.261 e. The molecule has 2 heterocycles. The van der Waals surface area contributed by atoms with E-state index in [1.54, 1.807) is 66.2 Å². The predicted octanol–water partition coefficient (Wildman–Crippen LogP) is 6.62. The lowest BCUT2D eigenvalue weighted by Gasteiger charge is -2.12. The van der Waals surface area contributed by atoms with Gasteiger partial charge in [0.1, 0.15) is 5.01 Å². The molecule has 6 rings (SSSR count). The molecule has 0 fully saturated rings. The minimum absolute atomic E-state index is 0.189. The van der Waals surface area contributed by atoms with Gasteiger partial charge in [-0.25, -0.2) is 13.4 Å². The summed E-state index contributed by atoms with van der Waals surface area (Å²) in [5.74, 6) is 0. The number of nitrogens with one attached hydrogen (secondary N) is 2. The topological polar surface area (TPSA) is 104 Å². The Morgan fingerprint density at radius 1 is 0.841 bits per heavy atom. The quantitative estimate of drug-likeness (QED) is 0.133. The van der Waals surface area contributed by atoms with Gasteiger partial charge in [-0.1, -0.05) is 72.8 Å². The number of fused-ring (bicyclic) bond motifs is 1. The third kappa shape index (κ3) is 7.38. The molecule has 1 atom stereocenters. The molecular formula is C35H32N4O3S2. The van der Waals surface area contributed by atoms with Gasteiger partial charge in [0.2, 0.25) is 0 Å². The molecule has 0 saturated carbocycles. The van der Waals surface area contributed by atoms with E-state index in [0.29, 0.717) is 18.8 Å². The van der Waals surface area contributed by atoms with Crippen molar-refractivity contribution >= 4 is 37.8 Å². The van der Waals surface area contributed by atoms with Crippen molar-refractivity contribution in [3.8, 4) is 10.6 Å². The molecule has 0 unspecified atom stereocenters. The van der Waals surface area contributed by atoms with Crippen LogP contribution in [0.15, 0.2) is 126 Å². The summed E-state index contributed by atoms with van der Waals surface area (Å²) < 4.78 is 28.8. The predicted molar refractivity (Wildman–Crippen MR) is 177 cm³/mol. The Balaban J connectivity index is 1.02. The summed E-state index contributed by atoms with van der Waals surface area (Å²) >= 11 is 1.55. The van der Waals surface area contributed by atoms with Gasteiger partial charge < -0.3 is 10.4 Å². The van der Waals surface area contributed by atoms with E-state index in [9.17, 15) is 13.5 Å². The van der Waals surface area contributed by atoms with Gasteiger partial charge in [0, 0.05) is 47.6 Å². The summed E-state index contributed by atoms with van der Waals surface area (Å²) in [5.41, 5.74) is 5.40. The highest BCUT2D eigenvalue weighted by atomic mass is 32.2. The van der Waals surface area contributed by atoms with E-state index in [2.05, 4.69) is 50.7 Å². The fourth-order valence-corrected chi connectivity index (χ4v) is 6.86. The normalized spacial score (nSPS) is 12.3. The van der Waals surface area contributed by atoms with Crippen molar-refractivity contribution in [3.63, 3.8) is 0 Å². The SMILES string of the molecule is O=S(=O)(Nc1ccc(CCNC[C@@H](O)c2cccnc2)cc1)c1ccc(-c2nc(Cc3ccc4ccccc4c3)cs2)cc1. The Morgan fingerprint density at radius 2 is 1.61 bits per heavy atom. The van der Waals surface area contributed by atoms with Crippen molar-refractivity contribution in [2.24, 2.45) is 0 Å². The van der Waals surface area contributed by atoms with Crippen LogP contribution >= 0.6 is 11.3 Å². The van der Waals surface area contributed by atoms with Gasteiger partial charge in [0.25, 0.3) is 10.0 Å². The lowest BCUT2D eigenvalue weighted by molar-refractivity contribution is 0.174. The molecule has 3 N–H and O–H groups in total. The van der Waals surface area contributed by atoms with Gasteiger partial charge in [0.15, 0.2) is 0 Å². The van der Waals surface area contributed by atoms with Crippen LogP contribution in [0.4, 0.5) is 5.69 Å². The number of anilines is 1. The molecule has 0 aliphatic rings. The number of aromatic nitrogens is 2. The zero-order valence-electron chi connectivity index (χ0n) is 23.9. The monoisotopic (exact) mass is 620 g/mol. The summed E-state index contributed by atoms with van der Waals surface area (Å²) in [4.78, 5) is 9.03. The summed E-state index contributed by atoms with van der Waals surface area (Å²) in [7, 11) is -3.75. The van der Waals surface area contributed by atoms with Crippen LogP contribution in [0, 0.1) is 0 Å². The maximum absolute atomic E-state index is 13.1. The first kappa shape index (κ1) is 29.7. The molecule has 0 aliphatic carbocycles. The number of aliphatic hydroxyl groups excluding tert-OH is 1. The van der Waals surface area contributed by atoms with Crippen molar-refractivity contribution in [2.45, 2.75) is 23.8 Å². The number of pyridine rings is 1. The number of thiazole rings is 1. The number of benzene rings is 4. The molecule has 0 radical (unpaired) electrons. The first-order valence-corrected chi connectivity index (χ1v) is 16.7. The molecule has 0 amide bonds. The van der Waals surface area contributed by atoms with Crippen LogP contribution in [0.5, 0.6) is 0 Å². The average molecular weight is 621 g/mol. The molecule has 0 spiro atoms. The van der Waals surface area contributed by atoms with E-state index < -0.39 is 16.1 Å². The molecule has 0 aliphatic heterocycles. The Labute approximate surface area is 261 Å². The first-order chi connectivity index (χ1) is 21.4. The number of hydrogen-bond donors (Lipinski definition) is 3. The Kier molecular flexibility index (Phi) is 9.09. The van der Waals surface area contributed by atoms with Crippen LogP contribution in [-0.4, -0.2) is 36.6 Å². The Bertz CT molecular complexity index is 1940. The van der Waals surface area contributed by atoms with Crippen molar-refractivity contribution in [2.75, 3.05) is 17.8 Å². The molecule has 222 valence electrons. The van der Waals surface area contributed by atoms with Crippen molar-refractivity contribution in [1.82, 2.24) is 15.3 Å². The minimum atomic E-state index is -3.75. The third-order valence-corrected chi connectivity index (χ3v) is 9.70. The molecule has 9 heteroatoms. The van der Waals surface area contributed by atoms with E-state index in [1.165, 1.54) is 16.3 Å². The Morgan fingerprint density at radius 3 is 2.39 bits per heavy atom. The fourth-order valence-electron chi connectivity index (χ4n) is 4.97. The maximum Gasteiger partial charge on any atom is 0.261 e. The highest BCUT2D eigenvalue weighted by molar-refractivity contribution is 7.92. The number of sulfonamides is 1. The number of rotatable bonds is 12. The van der Waals surface area contributed by atoms with E-state index in [0.717, 1.165) is 40.2 Å². The van der Waals surface area contributed by atoms with Gasteiger partial charge in [0.05, 0.1) is 16.7 Å². The van der Waals surface area contributed by atoms with Crippen LogP contribution in [-0.2, 0) is 22.9 Å². The van der Waals surface area contributed by atoms with Crippen LogP contribution in [0.3, 0.4) is 0 Å². The molecule has 44 heavy (non-hydrogen) atoms. The molecule has 4 aromatic carbocycles. The highest BCUT2D eigenvalue weighted by Crippen LogP contribution is 2.27. The van der Waals surface area contributed by atoms with Crippen molar-refractivity contribution in [1.29, 1.82) is 0 Å². The summed E-state index contributed by atoms with van der Waals surface area (Å²) in [6.45, 7) is 1.11. The highest BCUT2D eigenvalue weighted by Gasteiger charge is 2.15. The van der Waals surface area contributed by atoms with Crippen molar-refractivity contribution in [3.05, 3.63) is 143 Å². The molecule has 2 aromatic heterocycles. The summed E-state index contributed by atoms with van der Waals surface area (Å²) in [6.07, 6.45) is 4.20. The third-order valence-electron chi connectivity index (χ3n) is 7.37. The second-order valence-corrected chi connectivity index (χ2v) is 13.1. The number of hydrogen-bond acceptors (Lipinski definition) is 7. The summed E-state index contributed by atoms with van der Waals surface area (Å²) in [5, 5.41) is 18.8. The number of aliphatic hydroxyl groups is 1. The van der Waals surface area contributed by atoms with Crippen LogP contribution < -0.4 is 10.0 Å². The number of nitrogens with zero attached hydrogens (tertiary/aromatic N) is 2. The largest absolute Gasteiger partial charge is 0.387 e. The zero-order chi connectivity index (χ0) is 30.4. The van der Waals surface area contributed by atoms with Gasteiger partial charge >= 0.3 is 0 Å². The van der Waals surface area contributed by atoms with Gasteiger partial charge in [-0.2, -0.15) is 0 Å². The Hall–Kier alpha value is -4.41. The van der Waals surface area contributed by atoms with Crippen LogP contribution in [0.2, 0.25) is 0 Å². The lowest BCUT2D eigenvalue weighted by atomic mass is 10.0. The lowest BCUT2D eigenvalue weighted by Crippen LogP contribution is -2.23. The molecular weight excluding hydrogens is 589 g/mol. The molecule has 0 bridgehead atoms. The fraction of sp³-hybridized carbons (Fsp3) is 0.143. The standard InChI is InChI=1S/C35H32N4O3S2/c40-34(30-6-3-18-36-22-30)23-37-19-17-25-8-13-31(14-9-25)39-44(41,42)33-15-11-28(12-16-33)35-38-32(24-43-35)21-26-7-10-27-4-1-2-5-29(27)20-26/h1-16,18,20,22,24,34,37,39-40H,17,19,21,23H2/t34-/m1/s1. The second kappa shape index (κ2) is 13.5. The average Bonchev–Trinajstić information content (AvgIpc) is 3.52. The zero-order valence-corrected chi connectivity index (χ0v) is 25.6. The summed E-state index contributed by atoms with van der Waals surface area (Å²) in [6, 6.07) is 32.6. The van der Waals surface area contributed by atoms with Gasteiger partial charge in [-0.3, -0.25) is 9.71 Å². The van der Waals surface area contributed by atoms with E-state index in [-0.39, 0.29) is 4.90 Å². The van der Waals surface area contributed by atoms with Gasteiger partial charge in [-0.15, -0.1) is 11.3 Å². The van der Waals surface area contributed by atoms with E-state index in [4.69, 9.17) is 4.98 Å². The van der Waals surface area contributed by atoms with Gasteiger partial charge in [-0.05, 0) is 65.2 Å². The van der Waals surface area contributed by atoms with Crippen LogP contribution in [0.25, 0.3) is 21.3 Å². The molecule has 6 aromatic rings.